The fourth-order valence-corrected chi connectivity index (χ4v) is 3.51. The average molecular weight is 281 g/mol. The molecule has 0 bridgehead atoms. The van der Waals surface area contributed by atoms with Gasteiger partial charge in [-0.15, -0.1) is 0 Å². The Kier molecular flexibility index (Phi) is 3.05. The Morgan fingerprint density at radius 2 is 1.84 bits per heavy atom. The van der Waals surface area contributed by atoms with Gasteiger partial charge >= 0.3 is 6.03 Å². The first-order valence-corrected chi connectivity index (χ1v) is 7.11. The number of fused-ring (bicyclic) bond motifs is 2. The first kappa shape index (κ1) is 12.6. The van der Waals surface area contributed by atoms with Crippen molar-refractivity contribution in [3.63, 3.8) is 0 Å². The minimum atomic E-state index is -0.469. The Labute approximate surface area is 117 Å². The second-order valence-electron chi connectivity index (χ2n) is 5.39. The lowest BCUT2D eigenvalue weighted by atomic mass is 9.80. The highest BCUT2D eigenvalue weighted by Crippen LogP contribution is 2.48. The molecule has 1 heterocycles. The molecule has 2 amide bonds. The summed E-state index contributed by atoms with van der Waals surface area (Å²) in [6.07, 6.45) is 6.13. The van der Waals surface area contributed by atoms with Crippen LogP contribution < -0.4 is 10.6 Å². The molecule has 102 valence electrons. The Morgan fingerprint density at radius 1 is 1.16 bits per heavy atom. The van der Waals surface area contributed by atoms with Crippen LogP contribution in [-0.2, 0) is 5.54 Å². The summed E-state index contributed by atoms with van der Waals surface area (Å²) in [5, 5.41) is 16.5. The molecule has 3 rings (SSSR count). The number of halogens is 1. The Hall–Kier alpha value is -1.42. The number of amides is 2. The zero-order chi connectivity index (χ0) is 13.5. The summed E-state index contributed by atoms with van der Waals surface area (Å²) in [5.41, 5.74) is 0.845. The van der Waals surface area contributed by atoms with Crippen LogP contribution in [0.1, 0.15) is 44.1 Å². The van der Waals surface area contributed by atoms with Crippen molar-refractivity contribution in [3.05, 3.63) is 22.7 Å². The van der Waals surface area contributed by atoms with Crippen LogP contribution >= 0.6 is 11.6 Å². The number of urea groups is 1. The van der Waals surface area contributed by atoms with E-state index in [0.717, 1.165) is 31.2 Å². The van der Waals surface area contributed by atoms with Crippen molar-refractivity contribution in [1.29, 1.82) is 0 Å². The third kappa shape index (κ3) is 2.04. The maximum Gasteiger partial charge on any atom is 0.319 e. The van der Waals surface area contributed by atoms with Crippen molar-refractivity contribution >= 4 is 23.3 Å². The maximum atomic E-state index is 11.9. The van der Waals surface area contributed by atoms with Gasteiger partial charge < -0.3 is 15.7 Å². The molecular formula is C14H17ClN2O2. The van der Waals surface area contributed by atoms with Crippen molar-refractivity contribution in [2.75, 3.05) is 5.32 Å². The molecule has 1 saturated carbocycles. The largest absolute Gasteiger partial charge is 0.507 e. The monoisotopic (exact) mass is 280 g/mol. The molecule has 1 aliphatic heterocycles. The third-order valence-electron chi connectivity index (χ3n) is 4.16. The van der Waals surface area contributed by atoms with Crippen molar-refractivity contribution in [1.82, 2.24) is 5.32 Å². The summed E-state index contributed by atoms with van der Waals surface area (Å²) in [5.74, 6) is 0.203. The summed E-state index contributed by atoms with van der Waals surface area (Å²) in [6, 6.07) is 2.99. The van der Waals surface area contributed by atoms with E-state index in [4.69, 9.17) is 11.6 Å². The molecule has 0 atom stereocenters. The molecule has 3 N–H and O–H groups in total. The molecule has 1 spiro atoms. The number of phenols is 1. The van der Waals surface area contributed by atoms with Crippen LogP contribution in [0, 0.1) is 0 Å². The lowest BCUT2D eigenvalue weighted by Gasteiger charge is -2.40. The zero-order valence-electron chi connectivity index (χ0n) is 10.6. The van der Waals surface area contributed by atoms with Crippen LogP contribution in [0.2, 0.25) is 5.02 Å². The van der Waals surface area contributed by atoms with Crippen molar-refractivity contribution < 1.29 is 9.90 Å². The Bertz CT molecular complexity index is 522. The first-order valence-electron chi connectivity index (χ1n) is 6.73. The van der Waals surface area contributed by atoms with Gasteiger partial charge in [-0.2, -0.15) is 0 Å². The molecule has 0 unspecified atom stereocenters. The van der Waals surface area contributed by atoms with Crippen molar-refractivity contribution in [2.24, 2.45) is 0 Å². The quantitative estimate of drug-likeness (QED) is 0.678. The smallest absolute Gasteiger partial charge is 0.319 e. The number of anilines is 1. The fourth-order valence-electron chi connectivity index (χ4n) is 3.30. The molecule has 19 heavy (non-hydrogen) atoms. The highest BCUT2D eigenvalue weighted by atomic mass is 35.5. The number of rotatable bonds is 0. The van der Waals surface area contributed by atoms with Crippen LogP contribution in [0.4, 0.5) is 10.5 Å². The van der Waals surface area contributed by atoms with E-state index in [1.54, 1.807) is 12.1 Å². The van der Waals surface area contributed by atoms with E-state index < -0.39 is 5.54 Å². The van der Waals surface area contributed by atoms with Gasteiger partial charge in [0, 0.05) is 5.56 Å². The molecule has 0 radical (unpaired) electrons. The van der Waals surface area contributed by atoms with E-state index in [2.05, 4.69) is 10.6 Å². The van der Waals surface area contributed by atoms with Gasteiger partial charge in [0.25, 0.3) is 0 Å². The Balaban J connectivity index is 2.17. The van der Waals surface area contributed by atoms with Crippen LogP contribution in [0.5, 0.6) is 5.75 Å². The second kappa shape index (κ2) is 4.60. The first-order chi connectivity index (χ1) is 9.12. The third-order valence-corrected chi connectivity index (χ3v) is 4.47. The summed E-state index contributed by atoms with van der Waals surface area (Å²) in [4.78, 5) is 11.9. The van der Waals surface area contributed by atoms with Crippen molar-refractivity contribution in [3.8, 4) is 5.75 Å². The molecule has 1 aromatic carbocycles. The molecule has 2 aliphatic rings. The lowest BCUT2D eigenvalue weighted by molar-refractivity contribution is 0.223. The van der Waals surface area contributed by atoms with Crippen LogP contribution in [0.25, 0.3) is 0 Å². The molecule has 4 nitrogen and oxygen atoms in total. The molecular weight excluding hydrogens is 264 g/mol. The molecule has 0 aromatic heterocycles. The van der Waals surface area contributed by atoms with E-state index in [1.165, 1.54) is 12.8 Å². The number of hydrogen-bond acceptors (Lipinski definition) is 2. The molecule has 5 heteroatoms. The lowest BCUT2D eigenvalue weighted by Crippen LogP contribution is -2.51. The van der Waals surface area contributed by atoms with Gasteiger partial charge in [-0.05, 0) is 25.0 Å². The van der Waals surface area contributed by atoms with Crippen LogP contribution in [-0.4, -0.2) is 11.1 Å². The van der Waals surface area contributed by atoms with E-state index in [0.29, 0.717) is 10.7 Å². The fraction of sp³-hybridized carbons (Fsp3) is 0.500. The summed E-state index contributed by atoms with van der Waals surface area (Å²) < 4.78 is 0. The highest BCUT2D eigenvalue weighted by Gasteiger charge is 2.42. The van der Waals surface area contributed by atoms with Crippen LogP contribution in [0.15, 0.2) is 12.1 Å². The number of carbonyl (C=O) groups excluding carboxylic acids is 1. The normalized spacial score (nSPS) is 21.2. The molecule has 1 aromatic rings. The summed E-state index contributed by atoms with van der Waals surface area (Å²) in [6.45, 7) is 0. The van der Waals surface area contributed by atoms with E-state index >= 15 is 0 Å². The van der Waals surface area contributed by atoms with Gasteiger partial charge in [0.2, 0.25) is 0 Å². The van der Waals surface area contributed by atoms with Crippen molar-refractivity contribution in [2.45, 2.75) is 44.1 Å². The van der Waals surface area contributed by atoms with Gasteiger partial charge in [0.1, 0.15) is 5.75 Å². The number of phenolic OH excluding ortho intramolecular Hbond substituents is 1. The van der Waals surface area contributed by atoms with E-state index in [-0.39, 0.29) is 11.8 Å². The Morgan fingerprint density at radius 3 is 2.53 bits per heavy atom. The van der Waals surface area contributed by atoms with E-state index in [1.807, 2.05) is 0 Å². The SMILES string of the molecule is O=C1Nc2c(Cl)ccc(O)c2C2(CCCCCC2)N1. The standard InChI is InChI=1S/C14H17ClN2O2/c15-9-5-6-10(18)11-12(9)16-13(19)17-14(11)7-3-1-2-4-8-14/h5-6,18H,1-4,7-8H2,(H2,16,17,19). The number of hydrogen-bond donors (Lipinski definition) is 3. The van der Waals surface area contributed by atoms with Gasteiger partial charge in [-0.1, -0.05) is 37.3 Å². The molecule has 0 saturated heterocycles. The zero-order valence-corrected chi connectivity index (χ0v) is 11.4. The number of nitrogens with one attached hydrogen (secondary N) is 2. The maximum absolute atomic E-state index is 11.9. The molecule has 1 aliphatic carbocycles. The average Bonchev–Trinajstić information content (AvgIpc) is 2.59. The minimum absolute atomic E-state index is 0.203. The number of benzene rings is 1. The molecule has 1 fully saturated rings. The van der Waals surface area contributed by atoms with Crippen LogP contribution in [0.3, 0.4) is 0 Å². The predicted molar refractivity (Wildman–Crippen MR) is 74.7 cm³/mol. The summed E-state index contributed by atoms with van der Waals surface area (Å²) in [7, 11) is 0. The van der Waals surface area contributed by atoms with Gasteiger partial charge in [0.05, 0.1) is 16.2 Å². The predicted octanol–water partition coefficient (Wildman–Crippen LogP) is 3.73. The highest BCUT2D eigenvalue weighted by molar-refractivity contribution is 6.34. The summed E-state index contributed by atoms with van der Waals surface area (Å²) >= 11 is 6.17. The number of carbonyl (C=O) groups is 1. The topological polar surface area (TPSA) is 61.4 Å². The number of aromatic hydroxyl groups is 1. The van der Waals surface area contributed by atoms with E-state index in [9.17, 15) is 9.90 Å². The second-order valence-corrected chi connectivity index (χ2v) is 5.80. The minimum Gasteiger partial charge on any atom is -0.507 e. The van der Waals surface area contributed by atoms with Gasteiger partial charge in [-0.25, -0.2) is 4.79 Å². The van der Waals surface area contributed by atoms with Gasteiger partial charge in [-0.3, -0.25) is 0 Å². The van der Waals surface area contributed by atoms with Gasteiger partial charge in [0.15, 0.2) is 0 Å².